The summed E-state index contributed by atoms with van der Waals surface area (Å²) in [5.74, 6) is -5.51. The number of rotatable bonds is 4. The minimum absolute atomic E-state index is 0.0719. The Kier molecular flexibility index (Phi) is 5.38. The van der Waals surface area contributed by atoms with Crippen molar-refractivity contribution in [3.63, 3.8) is 0 Å². The SMILES string of the molecule is NC1CN(C(=O)NS(=O)(=O)N2CCN(NC(=O)c3cc(=O)c(O)c[nH]3)C(=O)C2=O)C1=O. The van der Waals surface area contributed by atoms with Crippen LogP contribution in [0.15, 0.2) is 17.1 Å². The molecular formula is C14H15N7O9S. The normalized spacial score (nSPS) is 19.2. The molecule has 1 unspecified atom stereocenters. The highest BCUT2D eigenvalue weighted by atomic mass is 32.2. The maximum absolute atomic E-state index is 12.3. The summed E-state index contributed by atoms with van der Waals surface area (Å²) in [4.78, 5) is 74.0. The summed E-state index contributed by atoms with van der Waals surface area (Å²) in [5, 5.41) is 9.68. The third-order valence-corrected chi connectivity index (χ3v) is 5.63. The van der Waals surface area contributed by atoms with Crippen LogP contribution in [0.5, 0.6) is 5.75 Å². The standard InChI is InChI=1S/C14H15N7O9S/c15-6-5-19(11(6)25)14(28)18-31(29,30)21-2-1-20(12(26)13(21)27)17-10(24)7-3-8(22)9(23)4-16-7/h3-4,6,23H,1-2,5,15H2,(H,16,22)(H,17,24)(H,18,28). The minimum atomic E-state index is -4.83. The fourth-order valence-electron chi connectivity index (χ4n) is 2.59. The molecule has 6 N–H and O–H groups in total. The number of β-lactam (4-membered cyclic amide) rings is 1. The number of hydrazine groups is 1. The molecule has 2 aliphatic rings. The van der Waals surface area contributed by atoms with Crippen molar-refractivity contribution in [2.24, 2.45) is 5.73 Å². The number of carbonyl (C=O) groups is 5. The number of nitrogens with two attached hydrogens (primary N) is 1. The van der Waals surface area contributed by atoms with Crippen LogP contribution in [0.2, 0.25) is 0 Å². The van der Waals surface area contributed by atoms with E-state index in [1.807, 2.05) is 5.43 Å². The first-order valence-corrected chi connectivity index (χ1v) is 9.86. The number of imide groups is 1. The molecule has 0 bridgehead atoms. The van der Waals surface area contributed by atoms with Crippen LogP contribution in [0.3, 0.4) is 0 Å². The first-order chi connectivity index (χ1) is 14.4. The molecule has 0 aliphatic carbocycles. The third-order valence-electron chi connectivity index (χ3n) is 4.27. The second-order valence-electron chi connectivity index (χ2n) is 6.34. The quantitative estimate of drug-likeness (QED) is 0.215. The number of carbonyl (C=O) groups excluding carboxylic acids is 5. The van der Waals surface area contributed by atoms with E-state index in [0.29, 0.717) is 9.91 Å². The maximum atomic E-state index is 12.3. The number of urea groups is 1. The number of aromatic hydroxyl groups is 1. The fourth-order valence-corrected chi connectivity index (χ4v) is 3.65. The van der Waals surface area contributed by atoms with Gasteiger partial charge >= 0.3 is 28.1 Å². The zero-order valence-electron chi connectivity index (χ0n) is 15.4. The van der Waals surface area contributed by atoms with E-state index in [2.05, 4.69) is 4.98 Å². The van der Waals surface area contributed by atoms with Crippen molar-refractivity contribution < 1.29 is 37.5 Å². The molecule has 1 atom stereocenters. The Morgan fingerprint density at radius 1 is 1.16 bits per heavy atom. The molecule has 16 nitrogen and oxygen atoms in total. The predicted molar refractivity (Wildman–Crippen MR) is 96.8 cm³/mol. The van der Waals surface area contributed by atoms with Gasteiger partial charge in [-0.25, -0.2) is 18.8 Å². The second-order valence-corrected chi connectivity index (χ2v) is 7.93. The highest BCUT2D eigenvalue weighted by Gasteiger charge is 2.44. The molecule has 1 aromatic rings. The van der Waals surface area contributed by atoms with Gasteiger partial charge in [-0.1, -0.05) is 0 Å². The van der Waals surface area contributed by atoms with Crippen LogP contribution >= 0.6 is 0 Å². The van der Waals surface area contributed by atoms with Crippen molar-refractivity contribution in [3.05, 3.63) is 28.2 Å². The van der Waals surface area contributed by atoms with Gasteiger partial charge in [0, 0.05) is 12.3 Å². The predicted octanol–water partition coefficient (Wildman–Crippen LogP) is -4.48. The number of H-pyrrole nitrogens is 1. The molecule has 0 saturated carbocycles. The summed E-state index contributed by atoms with van der Waals surface area (Å²) in [7, 11) is -4.83. The van der Waals surface area contributed by atoms with Crippen LogP contribution in [0.1, 0.15) is 10.5 Å². The summed E-state index contributed by atoms with van der Waals surface area (Å²) >= 11 is 0. The molecule has 2 saturated heterocycles. The number of likely N-dealkylation sites (tertiary alicyclic amines) is 1. The molecule has 0 radical (unpaired) electrons. The summed E-state index contributed by atoms with van der Waals surface area (Å²) in [6, 6.07) is -1.53. The lowest BCUT2D eigenvalue weighted by Crippen LogP contribution is -2.67. The fraction of sp³-hybridized carbons (Fsp3) is 0.286. The smallest absolute Gasteiger partial charge is 0.339 e. The van der Waals surface area contributed by atoms with Gasteiger partial charge in [0.1, 0.15) is 11.7 Å². The van der Waals surface area contributed by atoms with E-state index in [-0.39, 0.29) is 16.5 Å². The van der Waals surface area contributed by atoms with Gasteiger partial charge in [0.2, 0.25) is 11.3 Å². The van der Waals surface area contributed by atoms with Gasteiger partial charge in [0.15, 0.2) is 5.75 Å². The summed E-state index contributed by atoms with van der Waals surface area (Å²) in [5.41, 5.74) is 6.11. The lowest BCUT2D eigenvalue weighted by Gasteiger charge is -2.35. The van der Waals surface area contributed by atoms with Crippen LogP contribution < -0.4 is 21.3 Å². The highest BCUT2D eigenvalue weighted by Crippen LogP contribution is 2.12. The molecule has 1 aromatic heterocycles. The molecule has 17 heteroatoms. The Morgan fingerprint density at radius 2 is 1.84 bits per heavy atom. The van der Waals surface area contributed by atoms with Gasteiger partial charge in [0.25, 0.3) is 5.91 Å². The van der Waals surface area contributed by atoms with Crippen molar-refractivity contribution in [1.82, 2.24) is 29.3 Å². The van der Waals surface area contributed by atoms with E-state index in [0.717, 1.165) is 12.3 Å². The maximum Gasteiger partial charge on any atom is 0.339 e. The Labute approximate surface area is 172 Å². The average molecular weight is 457 g/mol. The number of hydrogen-bond acceptors (Lipinski definition) is 10. The highest BCUT2D eigenvalue weighted by molar-refractivity contribution is 7.88. The van der Waals surface area contributed by atoms with Crippen LogP contribution in [-0.4, -0.2) is 88.1 Å². The van der Waals surface area contributed by atoms with Gasteiger partial charge in [0.05, 0.1) is 19.6 Å². The zero-order valence-corrected chi connectivity index (χ0v) is 16.2. The topological polar surface area (TPSA) is 232 Å². The molecular weight excluding hydrogens is 442 g/mol. The first-order valence-electron chi connectivity index (χ1n) is 8.42. The van der Waals surface area contributed by atoms with E-state index in [1.54, 1.807) is 0 Å². The van der Waals surface area contributed by atoms with E-state index in [4.69, 9.17) is 10.8 Å². The van der Waals surface area contributed by atoms with Crippen molar-refractivity contribution in [1.29, 1.82) is 0 Å². The zero-order chi connectivity index (χ0) is 23.1. The van der Waals surface area contributed by atoms with Gasteiger partial charge in [-0.15, -0.1) is 0 Å². The molecule has 0 aromatic carbocycles. The van der Waals surface area contributed by atoms with Crippen LogP contribution in [0, 0.1) is 0 Å². The number of nitrogens with zero attached hydrogens (tertiary/aromatic N) is 3. The van der Waals surface area contributed by atoms with E-state index in [1.165, 1.54) is 4.72 Å². The van der Waals surface area contributed by atoms with Gasteiger partial charge in [-0.2, -0.15) is 8.42 Å². The number of piperazine rings is 1. The summed E-state index contributed by atoms with van der Waals surface area (Å²) in [6.07, 6.45) is 0.840. The number of pyridine rings is 1. The molecule has 31 heavy (non-hydrogen) atoms. The summed E-state index contributed by atoms with van der Waals surface area (Å²) < 4.78 is 26.1. The van der Waals surface area contributed by atoms with Crippen LogP contribution in [0.25, 0.3) is 0 Å². The van der Waals surface area contributed by atoms with E-state index in [9.17, 15) is 37.2 Å². The first kappa shape index (κ1) is 21.7. The molecule has 3 heterocycles. The Hall–Kier alpha value is -3.99. The largest absolute Gasteiger partial charge is 0.503 e. The van der Waals surface area contributed by atoms with Gasteiger partial charge in [-0.3, -0.25) is 34.3 Å². The minimum Gasteiger partial charge on any atom is -0.503 e. The molecule has 2 fully saturated rings. The summed E-state index contributed by atoms with van der Waals surface area (Å²) in [6.45, 7) is -1.33. The van der Waals surface area contributed by atoms with Crippen molar-refractivity contribution >= 4 is 39.9 Å². The lowest BCUT2D eigenvalue weighted by molar-refractivity contribution is -0.154. The van der Waals surface area contributed by atoms with Crippen molar-refractivity contribution in [3.8, 4) is 5.75 Å². The van der Waals surface area contributed by atoms with E-state index >= 15 is 0 Å². The van der Waals surface area contributed by atoms with Gasteiger partial charge in [-0.05, 0) is 0 Å². The van der Waals surface area contributed by atoms with Gasteiger partial charge < -0.3 is 15.8 Å². The molecule has 6 amide bonds. The number of aromatic nitrogens is 1. The number of nitrogens with one attached hydrogen (secondary N) is 3. The number of hydrogen-bond donors (Lipinski definition) is 5. The van der Waals surface area contributed by atoms with Crippen LogP contribution in [-0.2, 0) is 24.6 Å². The Bertz CT molecular complexity index is 1160. The van der Waals surface area contributed by atoms with Crippen molar-refractivity contribution in [2.75, 3.05) is 19.6 Å². The third kappa shape index (κ3) is 4.03. The Morgan fingerprint density at radius 3 is 2.42 bits per heavy atom. The second kappa shape index (κ2) is 7.69. The number of aromatic amines is 1. The molecule has 2 aliphatic heterocycles. The molecule has 166 valence electrons. The molecule has 3 rings (SSSR count). The average Bonchev–Trinajstić information content (AvgIpc) is 2.70. The lowest BCUT2D eigenvalue weighted by atomic mass is 10.1. The van der Waals surface area contributed by atoms with Crippen molar-refractivity contribution in [2.45, 2.75) is 6.04 Å². The van der Waals surface area contributed by atoms with E-state index < -0.39 is 70.2 Å². The monoisotopic (exact) mass is 457 g/mol. The van der Waals surface area contributed by atoms with Crippen LogP contribution in [0.4, 0.5) is 4.79 Å². The number of amides is 6. The Balaban J connectivity index is 1.65. The molecule has 0 spiro atoms.